The van der Waals surface area contributed by atoms with Crippen LogP contribution in [0.15, 0.2) is 49.1 Å². The molecule has 2 rings (SSSR count). The molecule has 2 aromatic heterocycles. The van der Waals surface area contributed by atoms with Crippen molar-refractivity contribution in [2.45, 2.75) is 130 Å². The second-order valence-electron chi connectivity index (χ2n) is 10.9. The molecule has 0 fully saturated rings. The zero-order valence-electron chi connectivity index (χ0n) is 26.0. The first-order valence-corrected chi connectivity index (χ1v) is 16.0. The topological polar surface area (TPSA) is 60.4 Å². The molecule has 0 aromatic carbocycles. The van der Waals surface area contributed by atoms with Crippen LogP contribution in [-0.4, -0.2) is 25.2 Å². The number of esters is 2. The van der Waals surface area contributed by atoms with Crippen molar-refractivity contribution in [2.24, 2.45) is 0 Å². The van der Waals surface area contributed by atoms with Gasteiger partial charge in [-0.2, -0.15) is 0 Å². The summed E-state index contributed by atoms with van der Waals surface area (Å²) in [5.41, 5.74) is 1.19. The van der Waals surface area contributed by atoms with E-state index in [1.165, 1.54) is 77.0 Å². The molecule has 0 bridgehead atoms. The van der Waals surface area contributed by atoms with Crippen LogP contribution >= 0.6 is 0 Å². The predicted molar refractivity (Wildman–Crippen MR) is 159 cm³/mol. The maximum Gasteiger partial charge on any atom is 0.338 e. The number of ether oxygens (including phenoxy) is 2. The van der Waals surface area contributed by atoms with Crippen molar-refractivity contribution in [1.82, 2.24) is 0 Å². The second-order valence-corrected chi connectivity index (χ2v) is 10.9. The average Bonchev–Trinajstić information content (AvgIpc) is 2.98. The predicted octanol–water partition coefficient (Wildman–Crippen LogP) is 1.56. The van der Waals surface area contributed by atoms with Crippen LogP contribution < -0.4 is 57.1 Å². The third kappa shape index (κ3) is 19.1. The minimum absolute atomic E-state index is 0. The van der Waals surface area contributed by atoms with Crippen molar-refractivity contribution in [3.05, 3.63) is 60.2 Å². The Kier molecular flexibility index (Phi) is 26.4. The second kappa shape index (κ2) is 27.3. The highest BCUT2D eigenvalue weighted by molar-refractivity contribution is 5.89. The van der Waals surface area contributed by atoms with Gasteiger partial charge in [-0.05, 0) is 38.5 Å². The van der Waals surface area contributed by atoms with Crippen molar-refractivity contribution in [1.29, 1.82) is 0 Å². The lowest BCUT2D eigenvalue weighted by atomic mass is 10.1. The van der Waals surface area contributed by atoms with Crippen molar-refractivity contribution >= 4 is 11.9 Å². The molecule has 0 radical (unpaired) electrons. The Bertz CT molecular complexity index is 862. The average molecular weight is 809 g/mol. The van der Waals surface area contributed by atoms with E-state index in [4.69, 9.17) is 9.47 Å². The molecule has 0 aliphatic heterocycles. The third-order valence-electron chi connectivity index (χ3n) is 7.30. The number of hydrogen-bond donors (Lipinski definition) is 0. The van der Waals surface area contributed by atoms with Crippen LogP contribution in [0.1, 0.15) is 137 Å². The standard InChI is InChI=1S/C34H54N2O4.2HI/c1-3-5-7-9-11-15-23-35-25-19-31(20-26-35)33(37)39-29-17-13-14-18-30-40-34(38)32-21-27-36(28-22-32)24-16-12-10-8-6-4-2;;/h19-22,25-28H,3-18,23-24,29-30H2,1-2H3;2*1H/q+2;;/p-2. The summed E-state index contributed by atoms with van der Waals surface area (Å²) in [7, 11) is 0. The van der Waals surface area contributed by atoms with Gasteiger partial charge < -0.3 is 57.4 Å². The lowest BCUT2D eigenvalue weighted by Gasteiger charge is -2.06. The molecule has 0 amide bonds. The molecule has 2 heterocycles. The van der Waals surface area contributed by atoms with Gasteiger partial charge in [0, 0.05) is 37.1 Å². The molecule has 8 heteroatoms. The molecule has 6 nitrogen and oxygen atoms in total. The Labute approximate surface area is 289 Å². The summed E-state index contributed by atoms with van der Waals surface area (Å²) < 4.78 is 15.1. The van der Waals surface area contributed by atoms with Crippen LogP contribution in [0.5, 0.6) is 0 Å². The molecular formula is C34H54I2N2O4. The van der Waals surface area contributed by atoms with Crippen molar-refractivity contribution in [3.8, 4) is 0 Å². The summed E-state index contributed by atoms with van der Waals surface area (Å²) in [6.45, 7) is 7.27. The van der Waals surface area contributed by atoms with Gasteiger partial charge in [0.2, 0.25) is 0 Å². The Hall–Kier alpha value is -1.30. The van der Waals surface area contributed by atoms with E-state index in [0.717, 1.165) is 38.8 Å². The molecule has 0 aliphatic rings. The van der Waals surface area contributed by atoms with Crippen LogP contribution in [0.4, 0.5) is 0 Å². The fourth-order valence-corrected chi connectivity index (χ4v) is 4.69. The largest absolute Gasteiger partial charge is 1.00 e. The monoisotopic (exact) mass is 808 g/mol. The molecule has 0 saturated carbocycles. The Morgan fingerprint density at radius 1 is 0.500 bits per heavy atom. The molecule has 0 aliphatic carbocycles. The van der Waals surface area contributed by atoms with Gasteiger partial charge in [0.05, 0.1) is 24.3 Å². The van der Waals surface area contributed by atoms with Crippen molar-refractivity contribution in [3.63, 3.8) is 0 Å². The number of rotatable bonds is 23. The number of pyridine rings is 2. The first kappa shape index (κ1) is 40.7. The lowest BCUT2D eigenvalue weighted by Crippen LogP contribution is -3.00. The van der Waals surface area contributed by atoms with Gasteiger partial charge >= 0.3 is 11.9 Å². The highest BCUT2D eigenvalue weighted by Crippen LogP contribution is 2.08. The van der Waals surface area contributed by atoms with Gasteiger partial charge in [0.1, 0.15) is 13.1 Å². The number of unbranched alkanes of at least 4 members (excludes halogenated alkanes) is 13. The van der Waals surface area contributed by atoms with Crippen LogP contribution in [0, 0.1) is 0 Å². The van der Waals surface area contributed by atoms with E-state index in [2.05, 4.69) is 23.0 Å². The van der Waals surface area contributed by atoms with E-state index < -0.39 is 0 Å². The highest BCUT2D eigenvalue weighted by atomic mass is 127. The van der Waals surface area contributed by atoms with E-state index in [0.29, 0.717) is 24.3 Å². The first-order chi connectivity index (χ1) is 19.6. The van der Waals surface area contributed by atoms with Gasteiger partial charge in [-0.15, -0.1) is 0 Å². The summed E-state index contributed by atoms with van der Waals surface area (Å²) in [6, 6.07) is 7.37. The normalized spacial score (nSPS) is 10.4. The molecule has 2 aromatic rings. The van der Waals surface area contributed by atoms with Gasteiger partial charge in [0.25, 0.3) is 0 Å². The maximum absolute atomic E-state index is 12.3. The summed E-state index contributed by atoms with van der Waals surface area (Å²) in [4.78, 5) is 24.6. The number of nitrogens with zero attached hydrogens (tertiary/aromatic N) is 2. The summed E-state index contributed by atoms with van der Waals surface area (Å²) in [5.74, 6) is -0.534. The SMILES string of the molecule is CCCCCCCC[n+]1ccc(C(=O)OCCCCCCOC(=O)c2cc[n+](CCCCCCCC)cc2)cc1.[I-].[I-]. The van der Waals surface area contributed by atoms with E-state index in [1.807, 2.05) is 49.1 Å². The quantitative estimate of drug-likeness (QED) is 0.0742. The van der Waals surface area contributed by atoms with Gasteiger partial charge in [-0.3, -0.25) is 0 Å². The molecule has 238 valence electrons. The first-order valence-electron chi connectivity index (χ1n) is 16.0. The zero-order chi connectivity index (χ0) is 28.7. The number of carbonyl (C=O) groups excluding carboxylic acids is 2. The van der Waals surface area contributed by atoms with Crippen LogP contribution in [0.25, 0.3) is 0 Å². The summed E-state index contributed by atoms with van der Waals surface area (Å²) in [5, 5.41) is 0. The van der Waals surface area contributed by atoms with E-state index >= 15 is 0 Å². The number of hydrogen-bond acceptors (Lipinski definition) is 4. The smallest absolute Gasteiger partial charge is 0.338 e. The van der Waals surface area contributed by atoms with Crippen LogP contribution in [-0.2, 0) is 22.6 Å². The molecule has 0 saturated heterocycles. The van der Waals surface area contributed by atoms with Crippen LogP contribution in [0.2, 0.25) is 0 Å². The Balaban J connectivity index is 0.00000840. The maximum atomic E-state index is 12.3. The Morgan fingerprint density at radius 2 is 0.810 bits per heavy atom. The fraction of sp³-hybridized carbons (Fsp3) is 0.647. The zero-order valence-corrected chi connectivity index (χ0v) is 30.4. The number of halogens is 2. The molecular weight excluding hydrogens is 754 g/mol. The van der Waals surface area contributed by atoms with Gasteiger partial charge in [-0.25, -0.2) is 18.7 Å². The number of aromatic nitrogens is 2. The van der Waals surface area contributed by atoms with Crippen molar-refractivity contribution in [2.75, 3.05) is 13.2 Å². The minimum atomic E-state index is -0.267. The van der Waals surface area contributed by atoms with E-state index in [1.54, 1.807) is 0 Å². The summed E-state index contributed by atoms with van der Waals surface area (Å²) in [6.07, 6.45) is 26.7. The molecule has 0 spiro atoms. The molecule has 0 unspecified atom stereocenters. The molecule has 0 atom stereocenters. The fourth-order valence-electron chi connectivity index (χ4n) is 4.69. The van der Waals surface area contributed by atoms with Crippen molar-refractivity contribution < 1.29 is 76.2 Å². The minimum Gasteiger partial charge on any atom is -1.00 e. The van der Waals surface area contributed by atoms with E-state index in [9.17, 15) is 9.59 Å². The number of carbonyl (C=O) groups is 2. The molecule has 0 N–H and O–H groups in total. The van der Waals surface area contributed by atoms with Gasteiger partial charge in [-0.1, -0.05) is 65.2 Å². The van der Waals surface area contributed by atoms with E-state index in [-0.39, 0.29) is 59.9 Å². The Morgan fingerprint density at radius 3 is 1.17 bits per heavy atom. The summed E-state index contributed by atoms with van der Waals surface area (Å²) >= 11 is 0. The third-order valence-corrected chi connectivity index (χ3v) is 7.30. The highest BCUT2D eigenvalue weighted by Gasteiger charge is 2.11. The number of aryl methyl sites for hydroxylation is 2. The van der Waals surface area contributed by atoms with Gasteiger partial charge in [0.15, 0.2) is 24.8 Å². The molecule has 42 heavy (non-hydrogen) atoms. The lowest BCUT2D eigenvalue weighted by molar-refractivity contribution is -0.697. The van der Waals surface area contributed by atoms with Crippen LogP contribution in [0.3, 0.4) is 0 Å².